The minimum atomic E-state index is -0.856. The largest absolute Gasteiger partial charge is 0.481 e. The summed E-state index contributed by atoms with van der Waals surface area (Å²) in [5.74, 6) is 1.96. The zero-order valence-electron chi connectivity index (χ0n) is 10.5. The lowest BCUT2D eigenvalue weighted by Crippen LogP contribution is -2.37. The number of nitrogens with zero attached hydrogens (tertiary/aromatic N) is 1. The molecule has 0 spiro atoms. The Morgan fingerprint density at radius 2 is 2.24 bits per heavy atom. The molecule has 5 heteroatoms. The highest BCUT2D eigenvalue weighted by Crippen LogP contribution is 2.25. The fraction of sp³-hybridized carbons (Fsp3) is 0.833. The molecule has 0 saturated carbocycles. The molecule has 1 rings (SSSR count). The van der Waals surface area contributed by atoms with Gasteiger partial charge < -0.3 is 10.0 Å². The number of carboxylic acid groups (broad SMARTS) is 1. The molecule has 0 aliphatic carbocycles. The Kier molecular flexibility index (Phi) is 5.82. The number of carbonyl (C=O) groups is 2. The van der Waals surface area contributed by atoms with Crippen molar-refractivity contribution in [3.63, 3.8) is 0 Å². The number of hydrogen-bond acceptors (Lipinski definition) is 3. The first-order chi connectivity index (χ1) is 8.00. The zero-order chi connectivity index (χ0) is 12.8. The molecule has 1 amide bonds. The molecular weight excluding hydrogens is 238 g/mol. The lowest BCUT2D eigenvalue weighted by atomic mass is 10.0. The van der Waals surface area contributed by atoms with Crippen molar-refractivity contribution in [3.8, 4) is 0 Å². The molecule has 1 saturated heterocycles. The Balaban J connectivity index is 2.37. The summed E-state index contributed by atoms with van der Waals surface area (Å²) in [7, 11) is 1.70. The van der Waals surface area contributed by atoms with Crippen molar-refractivity contribution in [2.24, 2.45) is 5.92 Å². The molecule has 1 fully saturated rings. The molecular formula is C12H21NO3S. The number of aliphatic carboxylic acids is 1. The van der Waals surface area contributed by atoms with Crippen molar-refractivity contribution >= 4 is 23.6 Å². The van der Waals surface area contributed by atoms with Crippen LogP contribution in [-0.4, -0.2) is 46.5 Å². The Hall–Kier alpha value is -0.710. The monoisotopic (exact) mass is 259 g/mol. The van der Waals surface area contributed by atoms with E-state index in [1.54, 1.807) is 18.9 Å². The Bertz CT molecular complexity index is 277. The molecule has 1 heterocycles. The van der Waals surface area contributed by atoms with Gasteiger partial charge in [-0.3, -0.25) is 9.59 Å². The van der Waals surface area contributed by atoms with E-state index < -0.39 is 5.97 Å². The van der Waals surface area contributed by atoms with Gasteiger partial charge in [-0.25, -0.2) is 0 Å². The standard InChI is InChI=1S/C12H21NO3S/c1-9(6-12(15)16)13(2)11(14)7-10-4-3-5-17-8-10/h9-10H,3-8H2,1-2H3,(H,15,16). The topological polar surface area (TPSA) is 57.6 Å². The summed E-state index contributed by atoms with van der Waals surface area (Å²) in [5, 5.41) is 8.69. The molecule has 0 bridgehead atoms. The molecule has 17 heavy (non-hydrogen) atoms. The van der Waals surface area contributed by atoms with Crippen LogP contribution in [0, 0.1) is 5.92 Å². The average Bonchev–Trinajstić information content (AvgIpc) is 2.28. The maximum Gasteiger partial charge on any atom is 0.305 e. The molecule has 2 atom stereocenters. The van der Waals surface area contributed by atoms with Gasteiger partial charge >= 0.3 is 5.97 Å². The van der Waals surface area contributed by atoms with Crippen LogP contribution in [0.5, 0.6) is 0 Å². The highest BCUT2D eigenvalue weighted by molar-refractivity contribution is 7.99. The summed E-state index contributed by atoms with van der Waals surface area (Å²) in [6.07, 6.45) is 2.89. The SMILES string of the molecule is CC(CC(=O)O)N(C)C(=O)CC1CCCSC1. The first-order valence-corrected chi connectivity index (χ1v) is 7.21. The van der Waals surface area contributed by atoms with Crippen molar-refractivity contribution in [1.29, 1.82) is 0 Å². The third kappa shape index (κ3) is 4.98. The quantitative estimate of drug-likeness (QED) is 0.818. The van der Waals surface area contributed by atoms with Crippen LogP contribution in [0.15, 0.2) is 0 Å². The summed E-state index contributed by atoms with van der Waals surface area (Å²) in [5.41, 5.74) is 0. The highest BCUT2D eigenvalue weighted by Gasteiger charge is 2.22. The maximum atomic E-state index is 12.0. The lowest BCUT2D eigenvalue weighted by Gasteiger charge is -2.27. The molecule has 0 aromatic heterocycles. The van der Waals surface area contributed by atoms with E-state index in [2.05, 4.69) is 0 Å². The Labute approximate surface area is 107 Å². The minimum Gasteiger partial charge on any atom is -0.481 e. The molecule has 98 valence electrons. The number of carbonyl (C=O) groups excluding carboxylic acids is 1. The molecule has 1 aliphatic heterocycles. The summed E-state index contributed by atoms with van der Waals surface area (Å²) in [6, 6.07) is -0.226. The second kappa shape index (κ2) is 6.89. The van der Waals surface area contributed by atoms with Crippen LogP contribution in [0.2, 0.25) is 0 Å². The smallest absolute Gasteiger partial charge is 0.305 e. The first-order valence-electron chi connectivity index (χ1n) is 6.06. The van der Waals surface area contributed by atoms with Crippen LogP contribution < -0.4 is 0 Å². The van der Waals surface area contributed by atoms with Crippen molar-refractivity contribution in [1.82, 2.24) is 4.90 Å². The van der Waals surface area contributed by atoms with E-state index in [1.165, 1.54) is 12.2 Å². The fourth-order valence-electron chi connectivity index (χ4n) is 1.99. The van der Waals surface area contributed by atoms with E-state index in [9.17, 15) is 9.59 Å². The predicted molar refractivity (Wildman–Crippen MR) is 69.2 cm³/mol. The third-order valence-electron chi connectivity index (χ3n) is 3.24. The van der Waals surface area contributed by atoms with E-state index >= 15 is 0 Å². The second-order valence-electron chi connectivity index (χ2n) is 4.74. The molecule has 0 aromatic rings. The summed E-state index contributed by atoms with van der Waals surface area (Å²) in [4.78, 5) is 24.1. The Morgan fingerprint density at radius 1 is 1.53 bits per heavy atom. The van der Waals surface area contributed by atoms with Crippen molar-refractivity contribution in [3.05, 3.63) is 0 Å². The summed E-state index contributed by atoms with van der Waals surface area (Å²) in [6.45, 7) is 1.78. The molecule has 0 radical (unpaired) electrons. The van der Waals surface area contributed by atoms with Gasteiger partial charge in [-0.15, -0.1) is 0 Å². The van der Waals surface area contributed by atoms with E-state index in [0.717, 1.165) is 12.2 Å². The van der Waals surface area contributed by atoms with Crippen LogP contribution in [0.4, 0.5) is 0 Å². The van der Waals surface area contributed by atoms with Crippen molar-refractivity contribution in [2.75, 3.05) is 18.6 Å². The molecule has 1 aliphatic rings. The maximum absolute atomic E-state index is 12.0. The number of amides is 1. The van der Waals surface area contributed by atoms with Gasteiger partial charge in [0.15, 0.2) is 0 Å². The van der Waals surface area contributed by atoms with E-state index in [0.29, 0.717) is 12.3 Å². The first kappa shape index (κ1) is 14.4. The zero-order valence-corrected chi connectivity index (χ0v) is 11.3. The average molecular weight is 259 g/mol. The summed E-state index contributed by atoms with van der Waals surface area (Å²) < 4.78 is 0. The summed E-state index contributed by atoms with van der Waals surface area (Å²) >= 11 is 1.91. The third-order valence-corrected chi connectivity index (χ3v) is 4.53. The number of carboxylic acids is 1. The Morgan fingerprint density at radius 3 is 2.76 bits per heavy atom. The number of hydrogen-bond donors (Lipinski definition) is 1. The molecule has 1 N–H and O–H groups in total. The van der Waals surface area contributed by atoms with Gasteiger partial charge in [-0.05, 0) is 37.2 Å². The van der Waals surface area contributed by atoms with Crippen LogP contribution in [-0.2, 0) is 9.59 Å². The fourth-order valence-corrected chi connectivity index (χ4v) is 3.15. The normalized spacial score (nSPS) is 21.9. The molecule has 4 nitrogen and oxygen atoms in total. The number of thioether (sulfide) groups is 1. The van der Waals surface area contributed by atoms with Gasteiger partial charge in [0.1, 0.15) is 0 Å². The van der Waals surface area contributed by atoms with Crippen LogP contribution >= 0.6 is 11.8 Å². The molecule has 2 unspecified atom stereocenters. The van der Waals surface area contributed by atoms with Gasteiger partial charge in [-0.1, -0.05) is 0 Å². The van der Waals surface area contributed by atoms with Crippen molar-refractivity contribution < 1.29 is 14.7 Å². The van der Waals surface area contributed by atoms with Crippen LogP contribution in [0.1, 0.15) is 32.6 Å². The van der Waals surface area contributed by atoms with Crippen LogP contribution in [0.3, 0.4) is 0 Å². The second-order valence-corrected chi connectivity index (χ2v) is 5.89. The number of rotatable bonds is 5. The van der Waals surface area contributed by atoms with Gasteiger partial charge in [0.2, 0.25) is 5.91 Å². The van der Waals surface area contributed by atoms with Crippen molar-refractivity contribution in [2.45, 2.75) is 38.6 Å². The lowest BCUT2D eigenvalue weighted by molar-refractivity contribution is -0.140. The van der Waals surface area contributed by atoms with E-state index in [4.69, 9.17) is 5.11 Å². The van der Waals surface area contributed by atoms with E-state index in [1.807, 2.05) is 11.8 Å². The minimum absolute atomic E-state index is 0.0155. The van der Waals surface area contributed by atoms with Gasteiger partial charge in [0.25, 0.3) is 0 Å². The van der Waals surface area contributed by atoms with E-state index in [-0.39, 0.29) is 18.4 Å². The molecule has 0 aromatic carbocycles. The van der Waals surface area contributed by atoms with Crippen LogP contribution in [0.25, 0.3) is 0 Å². The van der Waals surface area contributed by atoms with Gasteiger partial charge in [-0.2, -0.15) is 11.8 Å². The predicted octanol–water partition coefficient (Wildman–Crippen LogP) is 1.84. The highest BCUT2D eigenvalue weighted by atomic mass is 32.2. The van der Waals surface area contributed by atoms with Gasteiger partial charge in [0, 0.05) is 19.5 Å². The van der Waals surface area contributed by atoms with Gasteiger partial charge in [0.05, 0.1) is 6.42 Å².